The van der Waals surface area contributed by atoms with Crippen LogP contribution in [-0.2, 0) is 0 Å². The predicted octanol–water partition coefficient (Wildman–Crippen LogP) is 4.37. The monoisotopic (exact) mass is 271 g/mol. The lowest BCUT2D eigenvalue weighted by Crippen LogP contribution is -2.18. The standard InChI is InChI=1S/C17H21NS/c18-17(11-13-7-9-19-10-8-13)16-6-5-14-3-1-2-4-15(14)12-16/h1-6,12-13,17H,7-11,18H2. The zero-order valence-electron chi connectivity index (χ0n) is 11.2. The van der Waals surface area contributed by atoms with Crippen molar-refractivity contribution in [3.8, 4) is 0 Å². The Morgan fingerprint density at radius 1 is 1.05 bits per heavy atom. The summed E-state index contributed by atoms with van der Waals surface area (Å²) < 4.78 is 0. The third kappa shape index (κ3) is 3.13. The van der Waals surface area contributed by atoms with Crippen molar-refractivity contribution >= 4 is 22.5 Å². The molecular weight excluding hydrogens is 250 g/mol. The van der Waals surface area contributed by atoms with Gasteiger partial charge in [0.15, 0.2) is 0 Å². The molecule has 0 aromatic heterocycles. The van der Waals surface area contributed by atoms with Crippen molar-refractivity contribution in [2.75, 3.05) is 11.5 Å². The van der Waals surface area contributed by atoms with E-state index in [1.807, 2.05) is 0 Å². The Hall–Kier alpha value is -0.990. The minimum atomic E-state index is 0.192. The molecule has 1 atom stereocenters. The maximum Gasteiger partial charge on any atom is 0.0297 e. The Bertz CT molecular complexity index is 546. The fraction of sp³-hybridized carbons (Fsp3) is 0.412. The minimum absolute atomic E-state index is 0.192. The van der Waals surface area contributed by atoms with Gasteiger partial charge in [0.1, 0.15) is 0 Å². The topological polar surface area (TPSA) is 26.0 Å². The molecule has 1 aliphatic rings. The van der Waals surface area contributed by atoms with Crippen molar-refractivity contribution in [1.82, 2.24) is 0 Å². The first kappa shape index (κ1) is 13.0. The van der Waals surface area contributed by atoms with Crippen LogP contribution in [0.1, 0.15) is 30.9 Å². The molecule has 1 fully saturated rings. The normalized spacial score (nSPS) is 18.6. The molecule has 1 aliphatic heterocycles. The number of hydrogen-bond acceptors (Lipinski definition) is 2. The van der Waals surface area contributed by atoms with Gasteiger partial charge < -0.3 is 5.73 Å². The zero-order valence-corrected chi connectivity index (χ0v) is 12.0. The van der Waals surface area contributed by atoms with Crippen molar-refractivity contribution < 1.29 is 0 Å². The molecule has 1 saturated heterocycles. The molecule has 2 aromatic rings. The van der Waals surface area contributed by atoms with Crippen LogP contribution in [0, 0.1) is 5.92 Å². The number of thioether (sulfide) groups is 1. The fourth-order valence-electron chi connectivity index (χ4n) is 2.92. The van der Waals surface area contributed by atoms with Gasteiger partial charge in [-0.1, -0.05) is 36.4 Å². The van der Waals surface area contributed by atoms with Crippen molar-refractivity contribution in [2.24, 2.45) is 11.7 Å². The molecular formula is C17H21NS. The number of rotatable bonds is 3. The van der Waals surface area contributed by atoms with Gasteiger partial charge >= 0.3 is 0 Å². The lowest BCUT2D eigenvalue weighted by molar-refractivity contribution is 0.413. The van der Waals surface area contributed by atoms with Crippen LogP contribution in [0.4, 0.5) is 0 Å². The molecule has 1 unspecified atom stereocenters. The van der Waals surface area contributed by atoms with Crippen LogP contribution in [0.5, 0.6) is 0 Å². The molecule has 0 amide bonds. The average molecular weight is 271 g/mol. The quantitative estimate of drug-likeness (QED) is 0.897. The van der Waals surface area contributed by atoms with Crippen LogP contribution in [0.2, 0.25) is 0 Å². The highest BCUT2D eigenvalue weighted by Crippen LogP contribution is 2.30. The highest BCUT2D eigenvalue weighted by Gasteiger charge is 2.18. The summed E-state index contributed by atoms with van der Waals surface area (Å²) in [5, 5.41) is 2.60. The predicted molar refractivity (Wildman–Crippen MR) is 85.5 cm³/mol. The van der Waals surface area contributed by atoms with E-state index < -0.39 is 0 Å². The van der Waals surface area contributed by atoms with Crippen LogP contribution >= 0.6 is 11.8 Å². The highest BCUT2D eigenvalue weighted by atomic mass is 32.2. The van der Waals surface area contributed by atoms with Crippen molar-refractivity contribution in [1.29, 1.82) is 0 Å². The molecule has 0 bridgehead atoms. The minimum Gasteiger partial charge on any atom is -0.324 e. The van der Waals surface area contributed by atoms with Gasteiger partial charge in [0.25, 0.3) is 0 Å². The second-order valence-corrected chi connectivity index (χ2v) is 6.73. The molecule has 100 valence electrons. The van der Waals surface area contributed by atoms with Gasteiger partial charge in [0.2, 0.25) is 0 Å². The average Bonchev–Trinajstić information content (AvgIpc) is 2.48. The molecule has 2 N–H and O–H groups in total. The first-order chi connectivity index (χ1) is 9.33. The van der Waals surface area contributed by atoms with Crippen molar-refractivity contribution in [3.63, 3.8) is 0 Å². The summed E-state index contributed by atoms with van der Waals surface area (Å²) in [6.45, 7) is 0. The molecule has 3 rings (SSSR count). The van der Waals surface area contributed by atoms with Gasteiger partial charge in [-0.15, -0.1) is 0 Å². The van der Waals surface area contributed by atoms with Crippen LogP contribution in [0.25, 0.3) is 10.8 Å². The summed E-state index contributed by atoms with van der Waals surface area (Å²) in [5.74, 6) is 3.45. The van der Waals surface area contributed by atoms with Crippen LogP contribution in [0.15, 0.2) is 42.5 Å². The highest BCUT2D eigenvalue weighted by molar-refractivity contribution is 7.99. The first-order valence-corrected chi connectivity index (χ1v) is 8.30. The Kier molecular flexibility index (Phi) is 4.09. The van der Waals surface area contributed by atoms with Gasteiger partial charge in [-0.25, -0.2) is 0 Å². The van der Waals surface area contributed by atoms with Crippen LogP contribution in [0.3, 0.4) is 0 Å². The van der Waals surface area contributed by atoms with Gasteiger partial charge in [-0.2, -0.15) is 11.8 Å². The smallest absolute Gasteiger partial charge is 0.0297 e. The van der Waals surface area contributed by atoms with Gasteiger partial charge in [-0.3, -0.25) is 0 Å². The molecule has 0 saturated carbocycles. The summed E-state index contributed by atoms with van der Waals surface area (Å²) in [7, 11) is 0. The number of benzene rings is 2. The molecule has 19 heavy (non-hydrogen) atoms. The molecule has 0 aliphatic carbocycles. The second kappa shape index (κ2) is 5.98. The van der Waals surface area contributed by atoms with Crippen LogP contribution in [-0.4, -0.2) is 11.5 Å². The first-order valence-electron chi connectivity index (χ1n) is 7.15. The van der Waals surface area contributed by atoms with E-state index in [4.69, 9.17) is 5.73 Å². The summed E-state index contributed by atoms with van der Waals surface area (Å²) in [6, 6.07) is 15.4. The third-order valence-electron chi connectivity index (χ3n) is 4.13. The second-order valence-electron chi connectivity index (χ2n) is 5.50. The number of fused-ring (bicyclic) bond motifs is 1. The van der Waals surface area contributed by atoms with E-state index in [1.54, 1.807) is 0 Å². The van der Waals surface area contributed by atoms with E-state index >= 15 is 0 Å². The van der Waals surface area contributed by atoms with Gasteiger partial charge in [-0.05, 0) is 59.1 Å². The van der Waals surface area contributed by atoms with Gasteiger partial charge in [0, 0.05) is 6.04 Å². The molecule has 1 heterocycles. The third-order valence-corrected chi connectivity index (χ3v) is 5.18. The molecule has 0 spiro atoms. The molecule has 1 nitrogen and oxygen atoms in total. The molecule has 0 radical (unpaired) electrons. The Morgan fingerprint density at radius 2 is 1.79 bits per heavy atom. The number of hydrogen-bond donors (Lipinski definition) is 1. The summed E-state index contributed by atoms with van der Waals surface area (Å²) >= 11 is 2.08. The Labute approximate surface area is 119 Å². The molecule has 2 heteroatoms. The van der Waals surface area contributed by atoms with Gasteiger partial charge in [0.05, 0.1) is 0 Å². The van der Waals surface area contributed by atoms with E-state index in [1.165, 1.54) is 40.7 Å². The maximum absolute atomic E-state index is 6.41. The maximum atomic E-state index is 6.41. The van der Waals surface area contributed by atoms with Crippen molar-refractivity contribution in [3.05, 3.63) is 48.0 Å². The Balaban J connectivity index is 1.75. The van der Waals surface area contributed by atoms with E-state index in [9.17, 15) is 0 Å². The van der Waals surface area contributed by atoms with Crippen LogP contribution < -0.4 is 5.73 Å². The lowest BCUT2D eigenvalue weighted by Gasteiger charge is -2.24. The molecule has 2 aromatic carbocycles. The lowest BCUT2D eigenvalue weighted by atomic mass is 9.90. The van der Waals surface area contributed by atoms with E-state index in [2.05, 4.69) is 54.2 Å². The Morgan fingerprint density at radius 3 is 2.58 bits per heavy atom. The zero-order chi connectivity index (χ0) is 13.1. The number of nitrogens with two attached hydrogens (primary N) is 1. The fourth-order valence-corrected chi connectivity index (χ4v) is 4.12. The van der Waals surface area contributed by atoms with Crippen molar-refractivity contribution in [2.45, 2.75) is 25.3 Å². The van der Waals surface area contributed by atoms with E-state index in [0.29, 0.717) is 0 Å². The summed E-state index contributed by atoms with van der Waals surface area (Å²) in [6.07, 6.45) is 3.82. The van der Waals surface area contributed by atoms with E-state index in [0.717, 1.165) is 12.3 Å². The summed E-state index contributed by atoms with van der Waals surface area (Å²) in [5.41, 5.74) is 7.70. The SMILES string of the molecule is NC(CC1CCSCC1)c1ccc2ccccc2c1. The largest absolute Gasteiger partial charge is 0.324 e. The summed E-state index contributed by atoms with van der Waals surface area (Å²) in [4.78, 5) is 0. The van der Waals surface area contributed by atoms with E-state index in [-0.39, 0.29) is 6.04 Å².